The van der Waals surface area contributed by atoms with Crippen molar-refractivity contribution in [3.63, 3.8) is 0 Å². The third-order valence-corrected chi connectivity index (χ3v) is 5.43. The summed E-state index contributed by atoms with van der Waals surface area (Å²) >= 11 is 0. The van der Waals surface area contributed by atoms with E-state index in [1.807, 2.05) is 11.9 Å². The number of likely N-dealkylation sites (N-methyl/N-ethyl adjacent to an activating group) is 1. The van der Waals surface area contributed by atoms with Crippen molar-refractivity contribution >= 4 is 11.8 Å². The van der Waals surface area contributed by atoms with Crippen LogP contribution in [-0.4, -0.2) is 83.6 Å². The largest absolute Gasteiger partial charge is 0.378 e. The van der Waals surface area contributed by atoms with Crippen LogP contribution in [0.1, 0.15) is 35.4 Å². The minimum Gasteiger partial charge on any atom is -0.378 e. The number of nitrogens with zero attached hydrogens (tertiary/aromatic N) is 3. The molecule has 2 atom stereocenters. The number of hydrogen-bond donors (Lipinski definition) is 2. The Morgan fingerprint density at radius 2 is 2.00 bits per heavy atom. The molecular formula is C18H27N5O4. The second-order valence-electron chi connectivity index (χ2n) is 7.17. The van der Waals surface area contributed by atoms with Crippen LogP contribution in [-0.2, 0) is 9.53 Å². The van der Waals surface area contributed by atoms with Crippen LogP contribution in [0.3, 0.4) is 0 Å². The Kier molecular flexibility index (Phi) is 6.22. The highest BCUT2D eigenvalue weighted by atomic mass is 16.5. The molecule has 2 fully saturated rings. The number of rotatable bonds is 5. The maximum atomic E-state index is 12.5. The van der Waals surface area contributed by atoms with Crippen LogP contribution in [0, 0.1) is 6.92 Å². The van der Waals surface area contributed by atoms with E-state index >= 15 is 0 Å². The lowest BCUT2D eigenvalue weighted by atomic mass is 10.1. The Morgan fingerprint density at radius 3 is 2.70 bits per heavy atom. The van der Waals surface area contributed by atoms with Crippen LogP contribution in [0.15, 0.2) is 11.0 Å². The van der Waals surface area contributed by atoms with Crippen molar-refractivity contribution in [1.29, 1.82) is 0 Å². The van der Waals surface area contributed by atoms with Gasteiger partial charge in [-0.3, -0.25) is 19.3 Å². The zero-order chi connectivity index (χ0) is 19.4. The van der Waals surface area contributed by atoms with Gasteiger partial charge in [0.2, 0.25) is 5.91 Å². The van der Waals surface area contributed by atoms with E-state index in [0.29, 0.717) is 45.1 Å². The van der Waals surface area contributed by atoms with E-state index in [-0.39, 0.29) is 23.6 Å². The van der Waals surface area contributed by atoms with Gasteiger partial charge in [-0.05, 0) is 26.8 Å². The Labute approximate surface area is 158 Å². The summed E-state index contributed by atoms with van der Waals surface area (Å²) in [6.45, 7) is 4.63. The first-order valence-electron chi connectivity index (χ1n) is 9.37. The number of aryl methyl sites for hydroxylation is 1. The van der Waals surface area contributed by atoms with Gasteiger partial charge in [0.15, 0.2) is 0 Å². The smallest absolute Gasteiger partial charge is 0.263 e. The molecule has 0 bridgehead atoms. The Morgan fingerprint density at radius 1 is 1.30 bits per heavy atom. The molecule has 0 saturated carbocycles. The van der Waals surface area contributed by atoms with Crippen LogP contribution in [0.4, 0.5) is 0 Å². The fourth-order valence-corrected chi connectivity index (χ4v) is 3.68. The number of amides is 2. The van der Waals surface area contributed by atoms with E-state index in [0.717, 1.165) is 12.8 Å². The number of aromatic nitrogens is 2. The van der Waals surface area contributed by atoms with E-state index in [1.54, 1.807) is 6.92 Å². The molecule has 2 N–H and O–H groups in total. The first-order chi connectivity index (χ1) is 13.0. The Balaban J connectivity index is 1.49. The second-order valence-corrected chi connectivity index (χ2v) is 7.17. The normalized spacial score (nSPS) is 23.4. The Hall–Kier alpha value is -2.26. The lowest BCUT2D eigenvalue weighted by Gasteiger charge is -2.30. The molecule has 9 nitrogen and oxygen atoms in total. The third kappa shape index (κ3) is 4.72. The molecule has 0 spiro atoms. The van der Waals surface area contributed by atoms with Crippen molar-refractivity contribution in [2.45, 2.75) is 38.3 Å². The molecule has 2 amide bonds. The van der Waals surface area contributed by atoms with Gasteiger partial charge in [0.05, 0.1) is 13.2 Å². The van der Waals surface area contributed by atoms with Crippen molar-refractivity contribution in [1.82, 2.24) is 25.1 Å². The van der Waals surface area contributed by atoms with Gasteiger partial charge in [-0.2, -0.15) is 0 Å². The fourth-order valence-electron chi connectivity index (χ4n) is 3.68. The standard InChI is InChI=1S/C18H27N5O4/c1-12-19-11-15(18(26)21-12)17(25)20-10-14-4-3-13(22(14)2)9-16(24)23-5-7-27-8-6-23/h11,13-14H,3-10H2,1-2H3,(H,20,25)(H,19,21,26)/t13-,14+/m1/s1. The minimum atomic E-state index is -0.436. The van der Waals surface area contributed by atoms with Crippen molar-refractivity contribution in [3.8, 4) is 0 Å². The Bertz CT molecular complexity index is 744. The zero-order valence-corrected chi connectivity index (χ0v) is 15.9. The molecule has 3 heterocycles. The maximum absolute atomic E-state index is 12.5. The summed E-state index contributed by atoms with van der Waals surface area (Å²) in [4.78, 5) is 47.1. The monoisotopic (exact) mass is 377 g/mol. The molecule has 0 radical (unpaired) electrons. The zero-order valence-electron chi connectivity index (χ0n) is 15.9. The van der Waals surface area contributed by atoms with Crippen LogP contribution >= 0.6 is 0 Å². The molecular weight excluding hydrogens is 350 g/mol. The lowest BCUT2D eigenvalue weighted by Crippen LogP contribution is -2.45. The topological polar surface area (TPSA) is 108 Å². The molecule has 2 aliphatic rings. The van der Waals surface area contributed by atoms with E-state index < -0.39 is 11.5 Å². The highest BCUT2D eigenvalue weighted by Gasteiger charge is 2.33. The van der Waals surface area contributed by atoms with Gasteiger partial charge in [0, 0.05) is 44.3 Å². The molecule has 0 aliphatic carbocycles. The van der Waals surface area contributed by atoms with Crippen LogP contribution < -0.4 is 10.9 Å². The van der Waals surface area contributed by atoms with Crippen molar-refractivity contribution in [2.75, 3.05) is 39.9 Å². The first kappa shape index (κ1) is 19.5. The number of ether oxygens (including phenoxy) is 1. The average Bonchev–Trinajstić information content (AvgIpc) is 3.00. The van der Waals surface area contributed by atoms with Gasteiger partial charge >= 0.3 is 0 Å². The van der Waals surface area contributed by atoms with Crippen LogP contribution in [0.2, 0.25) is 0 Å². The summed E-state index contributed by atoms with van der Waals surface area (Å²) in [6, 6.07) is 0.320. The maximum Gasteiger partial charge on any atom is 0.263 e. The predicted octanol–water partition coefficient (Wildman–Crippen LogP) is -0.480. The number of aromatic amines is 1. The van der Waals surface area contributed by atoms with Gasteiger partial charge < -0.3 is 19.9 Å². The second kappa shape index (κ2) is 8.62. The highest BCUT2D eigenvalue weighted by Crippen LogP contribution is 2.25. The number of likely N-dealkylation sites (tertiary alicyclic amines) is 1. The van der Waals surface area contributed by atoms with Gasteiger partial charge in [0.25, 0.3) is 11.5 Å². The number of H-pyrrole nitrogens is 1. The third-order valence-electron chi connectivity index (χ3n) is 5.43. The van der Waals surface area contributed by atoms with E-state index in [2.05, 4.69) is 20.2 Å². The molecule has 9 heteroatoms. The van der Waals surface area contributed by atoms with Crippen molar-refractivity contribution < 1.29 is 14.3 Å². The summed E-state index contributed by atoms with van der Waals surface area (Å²) in [5.41, 5.74) is -0.422. The molecule has 1 aromatic heterocycles. The molecule has 148 valence electrons. The SMILES string of the molecule is Cc1ncc(C(=O)NC[C@@H]2CC[C@H](CC(=O)N3CCOCC3)N2C)c(=O)[nH]1. The van der Waals surface area contributed by atoms with Gasteiger partial charge in [-0.1, -0.05) is 0 Å². The van der Waals surface area contributed by atoms with Gasteiger partial charge in [-0.15, -0.1) is 0 Å². The molecule has 2 aliphatic heterocycles. The molecule has 27 heavy (non-hydrogen) atoms. The quantitative estimate of drug-likeness (QED) is 0.718. The number of carbonyl (C=O) groups is 2. The fraction of sp³-hybridized carbons (Fsp3) is 0.667. The molecule has 2 saturated heterocycles. The summed E-state index contributed by atoms with van der Waals surface area (Å²) in [5, 5.41) is 2.82. The van der Waals surface area contributed by atoms with Crippen LogP contribution in [0.25, 0.3) is 0 Å². The summed E-state index contributed by atoms with van der Waals surface area (Å²) < 4.78 is 5.29. The molecule has 0 aromatic carbocycles. The number of carbonyl (C=O) groups excluding carboxylic acids is 2. The summed E-state index contributed by atoms with van der Waals surface area (Å²) in [6.07, 6.45) is 3.61. The molecule has 0 unspecified atom stereocenters. The van der Waals surface area contributed by atoms with Crippen molar-refractivity contribution in [3.05, 3.63) is 27.9 Å². The van der Waals surface area contributed by atoms with E-state index in [4.69, 9.17) is 4.74 Å². The average molecular weight is 377 g/mol. The number of hydrogen-bond acceptors (Lipinski definition) is 6. The van der Waals surface area contributed by atoms with Gasteiger partial charge in [0.1, 0.15) is 11.4 Å². The minimum absolute atomic E-state index is 0.0142. The van der Waals surface area contributed by atoms with E-state index in [1.165, 1.54) is 6.20 Å². The van der Waals surface area contributed by atoms with Gasteiger partial charge in [-0.25, -0.2) is 4.98 Å². The van der Waals surface area contributed by atoms with Crippen molar-refractivity contribution in [2.24, 2.45) is 0 Å². The molecule has 1 aromatic rings. The van der Waals surface area contributed by atoms with Crippen LogP contribution in [0.5, 0.6) is 0 Å². The number of nitrogens with one attached hydrogen (secondary N) is 2. The highest BCUT2D eigenvalue weighted by molar-refractivity contribution is 5.93. The first-order valence-corrected chi connectivity index (χ1v) is 9.37. The predicted molar refractivity (Wildman–Crippen MR) is 98.5 cm³/mol. The lowest BCUT2D eigenvalue weighted by molar-refractivity contribution is -0.136. The summed E-state index contributed by atoms with van der Waals surface area (Å²) in [7, 11) is 1.99. The van der Waals surface area contributed by atoms with E-state index in [9.17, 15) is 14.4 Å². The molecule has 3 rings (SSSR count). The number of morpholine rings is 1. The summed E-state index contributed by atoms with van der Waals surface area (Å²) in [5.74, 6) is 0.210.